The summed E-state index contributed by atoms with van der Waals surface area (Å²) in [4.78, 5) is 37.5. The molecule has 0 saturated heterocycles. The number of methoxy groups -OCH3 is 1. The lowest BCUT2D eigenvalue weighted by molar-refractivity contribution is 0.0843. The van der Waals surface area contributed by atoms with E-state index in [1.807, 2.05) is 0 Å². The van der Waals surface area contributed by atoms with Crippen molar-refractivity contribution in [2.75, 3.05) is 11.8 Å². The van der Waals surface area contributed by atoms with Crippen LogP contribution in [0.3, 0.4) is 0 Å². The number of ether oxygens (including phenoxy) is 1. The summed E-state index contributed by atoms with van der Waals surface area (Å²) in [7, 11) is -1.52. The molecule has 0 radical (unpaired) electrons. The Labute approximate surface area is 226 Å². The van der Waals surface area contributed by atoms with Crippen LogP contribution in [-0.2, 0) is 17.1 Å². The molecule has 0 unspecified atom stereocenters. The Bertz CT molecular complexity index is 1760. The van der Waals surface area contributed by atoms with Crippen LogP contribution in [0.15, 0.2) is 70.4 Å². The summed E-state index contributed by atoms with van der Waals surface area (Å²) in [5.41, 5.74) is 3.73. The SMILES string of the molecule is COc1ccccc1NS(=O)(=O)c1cc(C(=O)NNC(=O)c2nn(C)c(=O)c3ccccc23)c(Cl)cc1Cl. The lowest BCUT2D eigenvalue weighted by atomic mass is 10.1. The van der Waals surface area contributed by atoms with Gasteiger partial charge in [-0.1, -0.05) is 53.5 Å². The molecular weight excluding hydrogens is 557 g/mol. The monoisotopic (exact) mass is 575 g/mol. The number of nitrogens with zero attached hydrogens (tertiary/aromatic N) is 2. The second-order valence-electron chi connectivity index (χ2n) is 7.80. The van der Waals surface area contributed by atoms with E-state index in [0.717, 1.165) is 16.8 Å². The molecule has 0 aliphatic heterocycles. The minimum atomic E-state index is -4.29. The fourth-order valence-electron chi connectivity index (χ4n) is 3.55. The van der Waals surface area contributed by atoms with Crippen LogP contribution >= 0.6 is 23.2 Å². The first-order valence-corrected chi connectivity index (χ1v) is 13.0. The summed E-state index contributed by atoms with van der Waals surface area (Å²) >= 11 is 12.3. The number of aryl methyl sites for hydroxylation is 1. The van der Waals surface area contributed by atoms with Crippen molar-refractivity contribution >= 4 is 61.5 Å². The third kappa shape index (κ3) is 5.28. The van der Waals surface area contributed by atoms with E-state index in [1.54, 1.807) is 42.5 Å². The molecule has 196 valence electrons. The van der Waals surface area contributed by atoms with Crippen molar-refractivity contribution in [3.05, 3.63) is 92.3 Å². The number of aromatic nitrogens is 2. The van der Waals surface area contributed by atoms with Gasteiger partial charge in [0.05, 0.1) is 33.8 Å². The largest absolute Gasteiger partial charge is 0.495 e. The Morgan fingerprint density at radius 1 is 0.921 bits per heavy atom. The minimum absolute atomic E-state index is 0.116. The molecule has 3 N–H and O–H groups in total. The minimum Gasteiger partial charge on any atom is -0.495 e. The summed E-state index contributed by atoms with van der Waals surface area (Å²) < 4.78 is 34.7. The van der Waals surface area contributed by atoms with Crippen molar-refractivity contribution in [3.63, 3.8) is 0 Å². The fourth-order valence-corrected chi connectivity index (χ4v) is 5.48. The molecule has 4 aromatic rings. The predicted molar refractivity (Wildman–Crippen MR) is 142 cm³/mol. The summed E-state index contributed by atoms with van der Waals surface area (Å²) in [5, 5.41) is 4.12. The first kappa shape index (κ1) is 26.9. The molecule has 11 nitrogen and oxygen atoms in total. The highest BCUT2D eigenvalue weighted by Crippen LogP contribution is 2.32. The second kappa shape index (κ2) is 10.7. The van der Waals surface area contributed by atoms with Gasteiger partial charge < -0.3 is 4.74 Å². The first-order valence-electron chi connectivity index (χ1n) is 10.7. The number of benzene rings is 3. The van der Waals surface area contributed by atoms with E-state index in [1.165, 1.54) is 20.2 Å². The molecule has 38 heavy (non-hydrogen) atoms. The third-order valence-corrected chi connectivity index (χ3v) is 7.51. The number of hydrogen-bond donors (Lipinski definition) is 3. The van der Waals surface area contributed by atoms with Gasteiger partial charge in [-0.15, -0.1) is 0 Å². The van der Waals surface area contributed by atoms with E-state index < -0.39 is 32.3 Å². The number of carbonyl (C=O) groups excluding carboxylic acids is 2. The molecule has 0 aliphatic rings. The number of sulfonamides is 1. The summed E-state index contributed by atoms with van der Waals surface area (Å²) in [6, 6.07) is 14.8. The van der Waals surface area contributed by atoms with Crippen LogP contribution < -0.4 is 25.9 Å². The normalized spacial score (nSPS) is 11.2. The van der Waals surface area contributed by atoms with Gasteiger partial charge in [0.2, 0.25) is 0 Å². The van der Waals surface area contributed by atoms with E-state index >= 15 is 0 Å². The Morgan fingerprint density at radius 3 is 2.26 bits per heavy atom. The molecule has 4 rings (SSSR count). The molecular formula is C24H19Cl2N5O6S. The zero-order valence-corrected chi connectivity index (χ0v) is 22.1. The molecule has 2 amide bonds. The van der Waals surface area contributed by atoms with Crippen molar-refractivity contribution in [2.45, 2.75) is 4.90 Å². The van der Waals surface area contributed by atoms with Crippen LogP contribution in [0.5, 0.6) is 5.75 Å². The van der Waals surface area contributed by atoms with Crippen molar-refractivity contribution in [1.29, 1.82) is 0 Å². The Balaban J connectivity index is 1.60. The number of hydrogen-bond acceptors (Lipinski definition) is 7. The maximum absolute atomic E-state index is 13.1. The highest BCUT2D eigenvalue weighted by Gasteiger charge is 2.24. The van der Waals surface area contributed by atoms with Crippen molar-refractivity contribution in [1.82, 2.24) is 20.6 Å². The molecule has 0 saturated carbocycles. The number of rotatable bonds is 6. The molecule has 1 heterocycles. The molecule has 0 fully saturated rings. The number of hydrazine groups is 1. The van der Waals surface area contributed by atoms with Crippen molar-refractivity contribution in [2.24, 2.45) is 7.05 Å². The number of halogens is 2. The van der Waals surface area contributed by atoms with Crippen LogP contribution in [0.4, 0.5) is 5.69 Å². The first-order chi connectivity index (χ1) is 18.0. The van der Waals surface area contributed by atoms with Crippen LogP contribution in [-0.4, -0.2) is 37.1 Å². The van der Waals surface area contributed by atoms with Gasteiger partial charge in [-0.2, -0.15) is 5.10 Å². The average molecular weight is 576 g/mol. The van der Waals surface area contributed by atoms with Crippen molar-refractivity contribution in [3.8, 4) is 5.75 Å². The molecule has 0 spiro atoms. The second-order valence-corrected chi connectivity index (χ2v) is 10.3. The van der Waals surface area contributed by atoms with Gasteiger partial charge in [-0.25, -0.2) is 13.1 Å². The highest BCUT2D eigenvalue weighted by molar-refractivity contribution is 7.92. The number of anilines is 1. The summed E-state index contributed by atoms with van der Waals surface area (Å²) in [6.07, 6.45) is 0. The van der Waals surface area contributed by atoms with E-state index in [-0.39, 0.29) is 43.5 Å². The number of carbonyl (C=O) groups is 2. The zero-order valence-electron chi connectivity index (χ0n) is 19.8. The maximum atomic E-state index is 13.1. The summed E-state index contributed by atoms with van der Waals surface area (Å²) in [6.45, 7) is 0. The van der Waals surface area contributed by atoms with Crippen molar-refractivity contribution < 1.29 is 22.7 Å². The van der Waals surface area contributed by atoms with E-state index in [2.05, 4.69) is 20.7 Å². The number of fused-ring (bicyclic) bond motifs is 1. The average Bonchev–Trinajstić information content (AvgIpc) is 2.89. The van der Waals surface area contributed by atoms with Gasteiger partial charge in [-0.3, -0.25) is 30.0 Å². The van der Waals surface area contributed by atoms with Gasteiger partial charge in [0.15, 0.2) is 5.69 Å². The molecule has 1 aromatic heterocycles. The Hall–Kier alpha value is -4.13. The molecule has 0 bridgehead atoms. The topological polar surface area (TPSA) is 148 Å². The van der Waals surface area contributed by atoms with Gasteiger partial charge >= 0.3 is 0 Å². The Kier molecular flexibility index (Phi) is 7.58. The van der Waals surface area contributed by atoms with Crippen LogP contribution in [0.2, 0.25) is 10.0 Å². The van der Waals surface area contributed by atoms with E-state index in [4.69, 9.17) is 27.9 Å². The quantitative estimate of drug-likeness (QED) is 0.299. The fraction of sp³-hybridized carbons (Fsp3) is 0.0833. The Morgan fingerprint density at radius 2 is 1.55 bits per heavy atom. The zero-order chi connectivity index (χ0) is 27.6. The van der Waals surface area contributed by atoms with Gasteiger partial charge in [0, 0.05) is 12.4 Å². The van der Waals surface area contributed by atoms with E-state index in [0.29, 0.717) is 0 Å². The molecule has 0 atom stereocenters. The van der Waals surface area contributed by atoms with Crippen LogP contribution in [0.25, 0.3) is 10.8 Å². The highest BCUT2D eigenvalue weighted by atomic mass is 35.5. The molecule has 14 heteroatoms. The number of para-hydroxylation sites is 2. The van der Waals surface area contributed by atoms with Crippen LogP contribution in [0, 0.1) is 0 Å². The molecule has 0 aliphatic carbocycles. The van der Waals surface area contributed by atoms with E-state index in [9.17, 15) is 22.8 Å². The smallest absolute Gasteiger partial charge is 0.290 e. The third-order valence-electron chi connectivity index (χ3n) is 5.37. The predicted octanol–water partition coefficient (Wildman–Crippen LogP) is 3.12. The number of nitrogens with one attached hydrogen (secondary N) is 3. The van der Waals surface area contributed by atoms with Gasteiger partial charge in [0.25, 0.3) is 27.4 Å². The summed E-state index contributed by atoms with van der Waals surface area (Å²) in [5.74, 6) is -1.48. The maximum Gasteiger partial charge on any atom is 0.290 e. The van der Waals surface area contributed by atoms with Gasteiger partial charge in [-0.05, 0) is 30.3 Å². The standard InChI is InChI=1S/C24H19Cl2N5O6S/c1-31-24(34)14-8-4-3-7-13(14)21(29-31)23(33)28-27-22(32)15-11-20(17(26)12-16(15)25)38(35,36)30-18-9-5-6-10-19(18)37-2/h3-12,30H,1-2H3,(H,27,32)(H,28,33). The number of amides is 2. The lowest BCUT2D eigenvalue weighted by Gasteiger charge is -2.14. The molecule has 3 aromatic carbocycles. The van der Waals surface area contributed by atoms with Crippen LogP contribution in [0.1, 0.15) is 20.8 Å². The lowest BCUT2D eigenvalue weighted by Crippen LogP contribution is -2.42. The van der Waals surface area contributed by atoms with Gasteiger partial charge in [0.1, 0.15) is 10.6 Å².